The second-order valence-corrected chi connectivity index (χ2v) is 6.51. The zero-order valence-corrected chi connectivity index (χ0v) is 14.1. The van der Waals surface area contributed by atoms with Crippen molar-refractivity contribution < 1.29 is 9.59 Å². The van der Waals surface area contributed by atoms with Crippen LogP contribution in [0.1, 0.15) is 23.3 Å². The summed E-state index contributed by atoms with van der Waals surface area (Å²) in [5, 5.41) is 1.03. The van der Waals surface area contributed by atoms with Crippen LogP contribution in [0.4, 0.5) is 0 Å². The molecule has 2 heterocycles. The summed E-state index contributed by atoms with van der Waals surface area (Å²) in [6.07, 6.45) is 1.56. The van der Waals surface area contributed by atoms with Gasteiger partial charge in [-0.25, -0.2) is 0 Å². The minimum Gasteiger partial charge on any atom is -0.351 e. The number of fused-ring (bicyclic) bond motifs is 1. The highest BCUT2D eigenvalue weighted by molar-refractivity contribution is 5.98. The Kier molecular flexibility index (Phi) is 4.27. The average Bonchev–Trinajstić information content (AvgIpc) is 3.19. The van der Waals surface area contributed by atoms with Crippen LogP contribution in [0, 0.1) is 0 Å². The number of hydrogen-bond acceptors (Lipinski definition) is 3. The summed E-state index contributed by atoms with van der Waals surface area (Å²) >= 11 is 0. The molecule has 3 N–H and O–H groups in total. The van der Waals surface area contributed by atoms with Gasteiger partial charge in [0.15, 0.2) is 0 Å². The number of carbonyl (C=O) groups excluding carboxylic acids is 2. The van der Waals surface area contributed by atoms with Crippen molar-refractivity contribution in [1.82, 2.24) is 14.8 Å². The van der Waals surface area contributed by atoms with E-state index in [9.17, 15) is 9.59 Å². The third-order valence-corrected chi connectivity index (χ3v) is 4.83. The molecule has 6 nitrogen and oxygen atoms in total. The lowest BCUT2D eigenvalue weighted by molar-refractivity contribution is -0.135. The van der Waals surface area contributed by atoms with E-state index in [0.29, 0.717) is 31.9 Å². The first kappa shape index (κ1) is 16.8. The van der Waals surface area contributed by atoms with Crippen LogP contribution >= 0.6 is 12.4 Å². The van der Waals surface area contributed by atoms with Crippen molar-refractivity contribution in [3.05, 3.63) is 36.0 Å². The molecule has 7 heteroatoms. The number of aromatic amines is 1. The highest BCUT2D eigenvalue weighted by Crippen LogP contribution is 2.34. The molecule has 24 heavy (non-hydrogen) atoms. The highest BCUT2D eigenvalue weighted by Gasteiger charge is 2.48. The van der Waals surface area contributed by atoms with Crippen molar-refractivity contribution in [1.29, 1.82) is 0 Å². The van der Waals surface area contributed by atoms with Gasteiger partial charge >= 0.3 is 0 Å². The number of rotatable bonds is 2. The lowest BCUT2D eigenvalue weighted by atomic mass is 10.2. The zero-order chi connectivity index (χ0) is 16.0. The number of nitrogens with zero attached hydrogens (tertiary/aromatic N) is 2. The molecular weight excluding hydrogens is 328 g/mol. The van der Waals surface area contributed by atoms with Gasteiger partial charge in [-0.2, -0.15) is 0 Å². The molecule has 0 radical (unpaired) electrons. The Morgan fingerprint density at radius 3 is 2.29 bits per heavy atom. The fraction of sp³-hybridized carbons (Fsp3) is 0.412. The molecule has 0 spiro atoms. The number of carbonyl (C=O) groups is 2. The van der Waals surface area contributed by atoms with Gasteiger partial charge in [-0.3, -0.25) is 9.59 Å². The topological polar surface area (TPSA) is 82.4 Å². The molecule has 1 saturated heterocycles. The molecule has 2 aliphatic rings. The molecule has 1 aliphatic carbocycles. The minimum atomic E-state index is -0.622. The number of aromatic nitrogens is 1. The Morgan fingerprint density at radius 1 is 1.04 bits per heavy atom. The number of nitrogens with two attached hydrogens (primary N) is 1. The number of halogens is 1. The first-order chi connectivity index (χ1) is 11.1. The monoisotopic (exact) mass is 348 g/mol. The number of H-pyrrole nitrogens is 1. The van der Waals surface area contributed by atoms with E-state index in [1.165, 1.54) is 0 Å². The van der Waals surface area contributed by atoms with Gasteiger partial charge in [0.25, 0.3) is 5.91 Å². The Balaban J connectivity index is 0.00000169. The maximum atomic E-state index is 12.6. The molecule has 1 saturated carbocycles. The number of nitrogens with one attached hydrogen (secondary N) is 1. The number of para-hydroxylation sites is 1. The van der Waals surface area contributed by atoms with Crippen LogP contribution in [-0.4, -0.2) is 58.3 Å². The molecule has 0 atom stereocenters. The summed E-state index contributed by atoms with van der Waals surface area (Å²) in [7, 11) is 0. The minimum absolute atomic E-state index is 0. The van der Waals surface area contributed by atoms with E-state index >= 15 is 0 Å². The number of piperazine rings is 1. The van der Waals surface area contributed by atoms with E-state index in [2.05, 4.69) is 4.98 Å². The Morgan fingerprint density at radius 2 is 1.67 bits per heavy atom. The highest BCUT2D eigenvalue weighted by atomic mass is 35.5. The van der Waals surface area contributed by atoms with Gasteiger partial charge in [0.1, 0.15) is 5.69 Å². The standard InChI is InChI=1S/C17H20N4O2.ClH/c18-17(5-6-17)16(23)21-9-7-20(8-10-21)15(22)14-11-12-3-1-2-4-13(12)19-14;/h1-4,11,19H,5-10,18H2;1H. The van der Waals surface area contributed by atoms with Crippen LogP contribution in [0.5, 0.6) is 0 Å². The fourth-order valence-corrected chi connectivity index (χ4v) is 3.13. The second-order valence-electron chi connectivity index (χ2n) is 6.51. The first-order valence-electron chi connectivity index (χ1n) is 8.02. The number of hydrogen-bond donors (Lipinski definition) is 2. The number of benzene rings is 1. The van der Waals surface area contributed by atoms with E-state index in [0.717, 1.165) is 23.7 Å². The molecular formula is C17H21ClN4O2. The van der Waals surface area contributed by atoms with Crippen molar-refractivity contribution in [2.45, 2.75) is 18.4 Å². The molecule has 0 bridgehead atoms. The SMILES string of the molecule is Cl.NC1(C(=O)N2CCN(C(=O)c3cc4ccccc4[nH]3)CC2)CC1. The smallest absolute Gasteiger partial charge is 0.270 e. The normalized spacial score (nSPS) is 19.0. The molecule has 128 valence electrons. The fourth-order valence-electron chi connectivity index (χ4n) is 3.13. The average molecular weight is 349 g/mol. The van der Waals surface area contributed by atoms with Gasteiger partial charge in [-0.15, -0.1) is 12.4 Å². The summed E-state index contributed by atoms with van der Waals surface area (Å²) in [5.74, 6) is 0.0254. The lowest BCUT2D eigenvalue weighted by Gasteiger charge is -2.35. The van der Waals surface area contributed by atoms with Gasteiger partial charge in [0.2, 0.25) is 5.91 Å². The predicted molar refractivity (Wildman–Crippen MR) is 94.2 cm³/mol. The van der Waals surface area contributed by atoms with Gasteiger partial charge in [-0.05, 0) is 25.0 Å². The Bertz CT molecular complexity index is 743. The van der Waals surface area contributed by atoms with Crippen molar-refractivity contribution in [2.24, 2.45) is 5.73 Å². The van der Waals surface area contributed by atoms with Crippen LogP contribution in [0.2, 0.25) is 0 Å². The van der Waals surface area contributed by atoms with E-state index in [4.69, 9.17) is 5.73 Å². The van der Waals surface area contributed by atoms with Crippen LogP contribution in [0.25, 0.3) is 10.9 Å². The Labute approximate surface area is 146 Å². The van der Waals surface area contributed by atoms with Crippen molar-refractivity contribution in [3.8, 4) is 0 Å². The first-order valence-corrected chi connectivity index (χ1v) is 8.02. The number of amides is 2. The molecule has 1 aliphatic heterocycles. The Hall–Kier alpha value is -2.05. The molecule has 4 rings (SSSR count). The van der Waals surface area contributed by atoms with Gasteiger partial charge < -0.3 is 20.5 Å². The van der Waals surface area contributed by atoms with Crippen molar-refractivity contribution in [3.63, 3.8) is 0 Å². The van der Waals surface area contributed by atoms with E-state index < -0.39 is 5.54 Å². The van der Waals surface area contributed by atoms with Crippen LogP contribution in [0.15, 0.2) is 30.3 Å². The van der Waals surface area contributed by atoms with Gasteiger partial charge in [0.05, 0.1) is 5.54 Å². The zero-order valence-electron chi connectivity index (χ0n) is 13.3. The van der Waals surface area contributed by atoms with Gasteiger partial charge in [-0.1, -0.05) is 18.2 Å². The molecule has 1 aromatic carbocycles. The summed E-state index contributed by atoms with van der Waals surface area (Å²) in [4.78, 5) is 31.6. The maximum Gasteiger partial charge on any atom is 0.270 e. The molecule has 2 aromatic rings. The van der Waals surface area contributed by atoms with Gasteiger partial charge in [0, 0.05) is 37.1 Å². The molecule has 2 fully saturated rings. The van der Waals surface area contributed by atoms with Crippen molar-refractivity contribution >= 4 is 35.1 Å². The van der Waals surface area contributed by atoms with E-state index in [1.54, 1.807) is 9.80 Å². The largest absolute Gasteiger partial charge is 0.351 e. The summed E-state index contributed by atoms with van der Waals surface area (Å²) in [5.41, 5.74) is 6.91. The summed E-state index contributed by atoms with van der Waals surface area (Å²) in [6.45, 7) is 2.22. The van der Waals surface area contributed by atoms with Crippen molar-refractivity contribution in [2.75, 3.05) is 26.2 Å². The molecule has 1 aromatic heterocycles. The summed E-state index contributed by atoms with van der Waals surface area (Å²) < 4.78 is 0. The van der Waals surface area contributed by atoms with Crippen LogP contribution in [0.3, 0.4) is 0 Å². The third kappa shape index (κ3) is 2.87. The lowest BCUT2D eigenvalue weighted by Crippen LogP contribution is -2.55. The second kappa shape index (κ2) is 6.11. The maximum absolute atomic E-state index is 12.6. The predicted octanol–water partition coefficient (Wildman–Crippen LogP) is 1.37. The van der Waals surface area contributed by atoms with Crippen LogP contribution < -0.4 is 5.73 Å². The van der Waals surface area contributed by atoms with Crippen LogP contribution in [-0.2, 0) is 4.79 Å². The molecule has 2 amide bonds. The molecule has 0 unspecified atom stereocenters. The van der Waals surface area contributed by atoms with E-state index in [1.807, 2.05) is 30.3 Å². The van der Waals surface area contributed by atoms with E-state index in [-0.39, 0.29) is 24.2 Å². The summed E-state index contributed by atoms with van der Waals surface area (Å²) in [6, 6.07) is 9.72. The quantitative estimate of drug-likeness (QED) is 0.859. The third-order valence-electron chi connectivity index (χ3n) is 4.83.